The van der Waals surface area contributed by atoms with Crippen molar-refractivity contribution in [2.24, 2.45) is 5.92 Å². The van der Waals surface area contributed by atoms with Gasteiger partial charge in [0.1, 0.15) is 5.75 Å². The zero-order valence-electron chi connectivity index (χ0n) is 9.18. The lowest BCUT2D eigenvalue weighted by molar-refractivity contribution is 0.282. The van der Waals surface area contributed by atoms with E-state index >= 15 is 0 Å². The molecule has 1 aromatic carbocycles. The first-order chi connectivity index (χ1) is 7.63. The van der Waals surface area contributed by atoms with Gasteiger partial charge in [0, 0.05) is 9.80 Å². The molecular formula is C12H15Br2ClO. The Morgan fingerprint density at radius 3 is 2.75 bits per heavy atom. The van der Waals surface area contributed by atoms with Crippen molar-refractivity contribution in [3.63, 3.8) is 0 Å². The Balaban J connectivity index is 2.37. The summed E-state index contributed by atoms with van der Waals surface area (Å²) in [6.07, 6.45) is 2.23. The van der Waals surface area contributed by atoms with E-state index in [-0.39, 0.29) is 0 Å². The van der Waals surface area contributed by atoms with Crippen LogP contribution in [0.3, 0.4) is 0 Å². The fourth-order valence-corrected chi connectivity index (χ4v) is 2.80. The van der Waals surface area contributed by atoms with Crippen molar-refractivity contribution in [2.75, 3.05) is 11.9 Å². The SMILES string of the molecule is CC(CCBr)CCOc1ccc(Br)cc1Cl. The maximum Gasteiger partial charge on any atom is 0.137 e. The Morgan fingerprint density at radius 2 is 2.12 bits per heavy atom. The van der Waals surface area contributed by atoms with Crippen molar-refractivity contribution in [3.8, 4) is 5.75 Å². The third kappa shape index (κ3) is 5.07. The molecule has 0 radical (unpaired) electrons. The molecule has 16 heavy (non-hydrogen) atoms. The van der Waals surface area contributed by atoms with E-state index in [1.54, 1.807) is 0 Å². The number of halogens is 3. The first-order valence-corrected chi connectivity index (χ1v) is 7.56. The van der Waals surface area contributed by atoms with E-state index in [4.69, 9.17) is 16.3 Å². The minimum atomic E-state index is 0.655. The summed E-state index contributed by atoms with van der Waals surface area (Å²) < 4.78 is 6.61. The summed E-state index contributed by atoms with van der Waals surface area (Å²) >= 11 is 12.8. The molecule has 1 nitrogen and oxygen atoms in total. The molecule has 0 N–H and O–H groups in total. The highest BCUT2D eigenvalue weighted by Gasteiger charge is 2.04. The van der Waals surface area contributed by atoms with Crippen LogP contribution in [0.4, 0.5) is 0 Å². The summed E-state index contributed by atoms with van der Waals surface area (Å²) in [6.45, 7) is 2.95. The molecule has 0 amide bonds. The predicted molar refractivity (Wildman–Crippen MR) is 76.8 cm³/mol. The third-order valence-corrected chi connectivity index (χ3v) is 3.61. The second kappa shape index (κ2) is 7.57. The van der Waals surface area contributed by atoms with Crippen molar-refractivity contribution in [1.82, 2.24) is 0 Å². The number of alkyl halides is 1. The van der Waals surface area contributed by atoms with Crippen LogP contribution in [0.15, 0.2) is 22.7 Å². The Bertz CT molecular complexity index is 331. The molecule has 0 spiro atoms. The van der Waals surface area contributed by atoms with Gasteiger partial charge in [0.25, 0.3) is 0 Å². The molecule has 1 unspecified atom stereocenters. The van der Waals surface area contributed by atoms with Gasteiger partial charge in [0.15, 0.2) is 0 Å². The van der Waals surface area contributed by atoms with E-state index in [0.29, 0.717) is 10.9 Å². The molecule has 4 heteroatoms. The Morgan fingerprint density at radius 1 is 1.38 bits per heavy atom. The molecule has 0 aliphatic heterocycles. The van der Waals surface area contributed by atoms with Crippen molar-refractivity contribution in [3.05, 3.63) is 27.7 Å². The monoisotopic (exact) mass is 368 g/mol. The zero-order chi connectivity index (χ0) is 12.0. The first-order valence-electron chi connectivity index (χ1n) is 5.27. The highest BCUT2D eigenvalue weighted by atomic mass is 79.9. The third-order valence-electron chi connectivity index (χ3n) is 2.36. The van der Waals surface area contributed by atoms with Gasteiger partial charge in [-0.15, -0.1) is 0 Å². The van der Waals surface area contributed by atoms with Crippen LogP contribution in [0.25, 0.3) is 0 Å². The summed E-state index contributed by atoms with van der Waals surface area (Å²) in [4.78, 5) is 0. The molecule has 0 aliphatic rings. The highest BCUT2D eigenvalue weighted by molar-refractivity contribution is 9.10. The van der Waals surface area contributed by atoms with Crippen LogP contribution in [0, 0.1) is 5.92 Å². The fourth-order valence-electron chi connectivity index (χ4n) is 1.29. The lowest BCUT2D eigenvalue weighted by Crippen LogP contribution is -2.04. The lowest BCUT2D eigenvalue weighted by atomic mass is 10.1. The first kappa shape index (κ1) is 14.3. The van der Waals surface area contributed by atoms with Crippen LogP contribution >= 0.6 is 43.5 Å². The van der Waals surface area contributed by atoms with E-state index in [2.05, 4.69) is 38.8 Å². The average Bonchev–Trinajstić information content (AvgIpc) is 2.22. The average molecular weight is 371 g/mol. The Labute approximate surface area is 119 Å². The normalized spacial score (nSPS) is 12.5. The van der Waals surface area contributed by atoms with Gasteiger partial charge >= 0.3 is 0 Å². The second-order valence-electron chi connectivity index (χ2n) is 3.79. The van der Waals surface area contributed by atoms with Gasteiger partial charge in [-0.05, 0) is 37.0 Å². The summed E-state index contributed by atoms with van der Waals surface area (Å²) in [6, 6.07) is 5.67. The summed E-state index contributed by atoms with van der Waals surface area (Å²) in [5.74, 6) is 1.43. The molecule has 1 rings (SSSR count). The standard InChI is InChI=1S/C12H15Br2ClO/c1-9(4-6-13)5-7-16-12-3-2-10(14)8-11(12)15/h2-3,8-9H,4-7H2,1H3. The minimum Gasteiger partial charge on any atom is -0.492 e. The van der Waals surface area contributed by atoms with Crippen molar-refractivity contribution >= 4 is 43.5 Å². The van der Waals surface area contributed by atoms with Gasteiger partial charge in [-0.2, -0.15) is 0 Å². The molecule has 90 valence electrons. The topological polar surface area (TPSA) is 9.23 Å². The van der Waals surface area contributed by atoms with Crippen LogP contribution in [0.5, 0.6) is 5.75 Å². The largest absolute Gasteiger partial charge is 0.492 e. The maximum atomic E-state index is 6.04. The molecule has 1 atom stereocenters. The molecule has 0 aliphatic carbocycles. The minimum absolute atomic E-state index is 0.655. The van der Waals surface area contributed by atoms with Crippen LogP contribution in [-0.4, -0.2) is 11.9 Å². The van der Waals surface area contributed by atoms with Crippen LogP contribution in [-0.2, 0) is 0 Å². The van der Waals surface area contributed by atoms with Gasteiger partial charge in [0.2, 0.25) is 0 Å². The second-order valence-corrected chi connectivity index (χ2v) is 5.91. The van der Waals surface area contributed by atoms with E-state index in [1.165, 1.54) is 6.42 Å². The predicted octanol–water partition coefficient (Wildman–Crippen LogP) is 5.29. The Hall–Kier alpha value is 0.270. The quantitative estimate of drug-likeness (QED) is 0.618. The molecule has 1 aromatic rings. The summed E-state index contributed by atoms with van der Waals surface area (Å²) in [5, 5.41) is 1.70. The zero-order valence-corrected chi connectivity index (χ0v) is 13.1. The van der Waals surface area contributed by atoms with Gasteiger partial charge in [0.05, 0.1) is 11.6 Å². The molecule has 0 saturated heterocycles. The summed E-state index contributed by atoms with van der Waals surface area (Å²) in [5.41, 5.74) is 0. The van der Waals surface area contributed by atoms with E-state index < -0.39 is 0 Å². The summed E-state index contributed by atoms with van der Waals surface area (Å²) in [7, 11) is 0. The molecular weight excluding hydrogens is 355 g/mol. The van der Waals surface area contributed by atoms with Crippen molar-refractivity contribution in [1.29, 1.82) is 0 Å². The van der Waals surface area contributed by atoms with Gasteiger partial charge < -0.3 is 4.74 Å². The number of rotatable bonds is 6. The fraction of sp³-hybridized carbons (Fsp3) is 0.500. The molecule has 0 heterocycles. The van der Waals surface area contributed by atoms with Gasteiger partial charge in [-0.3, -0.25) is 0 Å². The van der Waals surface area contributed by atoms with Crippen molar-refractivity contribution < 1.29 is 4.74 Å². The molecule has 0 aromatic heterocycles. The molecule has 0 fully saturated rings. The number of benzene rings is 1. The van der Waals surface area contributed by atoms with Crippen molar-refractivity contribution in [2.45, 2.75) is 19.8 Å². The number of hydrogen-bond donors (Lipinski definition) is 0. The van der Waals surface area contributed by atoms with E-state index in [1.807, 2.05) is 18.2 Å². The smallest absolute Gasteiger partial charge is 0.137 e. The highest BCUT2D eigenvalue weighted by Crippen LogP contribution is 2.28. The number of ether oxygens (including phenoxy) is 1. The Kier molecular flexibility index (Phi) is 6.78. The lowest BCUT2D eigenvalue weighted by Gasteiger charge is -2.11. The van der Waals surface area contributed by atoms with E-state index in [0.717, 1.165) is 28.6 Å². The van der Waals surface area contributed by atoms with Gasteiger partial charge in [-0.1, -0.05) is 50.4 Å². The van der Waals surface area contributed by atoms with Crippen LogP contribution in [0.2, 0.25) is 5.02 Å². The molecule has 0 bridgehead atoms. The van der Waals surface area contributed by atoms with Gasteiger partial charge in [-0.25, -0.2) is 0 Å². The maximum absolute atomic E-state index is 6.04. The number of hydrogen-bond acceptors (Lipinski definition) is 1. The van der Waals surface area contributed by atoms with Crippen LogP contribution in [0.1, 0.15) is 19.8 Å². The van der Waals surface area contributed by atoms with E-state index in [9.17, 15) is 0 Å². The van der Waals surface area contributed by atoms with Crippen LogP contribution < -0.4 is 4.74 Å². The molecule has 0 saturated carbocycles.